The van der Waals surface area contributed by atoms with Crippen LogP contribution in [0.1, 0.15) is 18.9 Å². The topological polar surface area (TPSA) is 49.3 Å². The molecule has 2 N–H and O–H groups in total. The molecule has 0 aromatic heterocycles. The van der Waals surface area contributed by atoms with Crippen LogP contribution in [0.25, 0.3) is 0 Å². The van der Waals surface area contributed by atoms with Gasteiger partial charge < -0.3 is 10.4 Å². The summed E-state index contributed by atoms with van der Waals surface area (Å²) >= 11 is 0. The van der Waals surface area contributed by atoms with Gasteiger partial charge in [0.05, 0.1) is 12.5 Å². The second kappa shape index (κ2) is 5.51. The first-order valence-electron chi connectivity index (χ1n) is 5.15. The smallest absolute Gasteiger partial charge is 0.229 e. The van der Waals surface area contributed by atoms with Gasteiger partial charge in [0.1, 0.15) is 0 Å². The van der Waals surface area contributed by atoms with E-state index in [1.807, 2.05) is 38.1 Å². The third kappa shape index (κ3) is 3.36. The van der Waals surface area contributed by atoms with Gasteiger partial charge in [0.15, 0.2) is 0 Å². The van der Waals surface area contributed by atoms with Crippen molar-refractivity contribution in [2.24, 2.45) is 5.92 Å². The maximum absolute atomic E-state index is 11.6. The third-order valence-corrected chi connectivity index (χ3v) is 2.40. The summed E-state index contributed by atoms with van der Waals surface area (Å²) in [6.07, 6.45) is 0.647. The quantitative estimate of drug-likeness (QED) is 0.792. The molecule has 82 valence electrons. The second-order valence-electron chi connectivity index (χ2n) is 3.64. The molecule has 0 bridgehead atoms. The van der Waals surface area contributed by atoms with Gasteiger partial charge >= 0.3 is 0 Å². The second-order valence-corrected chi connectivity index (χ2v) is 3.64. The van der Waals surface area contributed by atoms with Crippen LogP contribution in [-0.2, 0) is 4.79 Å². The lowest BCUT2D eigenvalue weighted by Crippen LogP contribution is -2.24. The number of aliphatic hydroxyl groups excluding tert-OH is 1. The predicted molar refractivity (Wildman–Crippen MR) is 60.7 cm³/mol. The van der Waals surface area contributed by atoms with Crippen molar-refractivity contribution in [2.75, 3.05) is 11.9 Å². The molecule has 1 aromatic carbocycles. The zero-order valence-electron chi connectivity index (χ0n) is 9.16. The summed E-state index contributed by atoms with van der Waals surface area (Å²) < 4.78 is 0. The van der Waals surface area contributed by atoms with Crippen LogP contribution in [0.5, 0.6) is 0 Å². The highest BCUT2D eigenvalue weighted by Crippen LogP contribution is 2.11. The predicted octanol–water partition coefficient (Wildman–Crippen LogP) is 1.95. The molecule has 0 saturated heterocycles. The highest BCUT2D eigenvalue weighted by Gasteiger charge is 2.14. The summed E-state index contributed by atoms with van der Waals surface area (Å²) in [6.45, 7) is 3.78. The average molecular weight is 207 g/mol. The van der Waals surface area contributed by atoms with E-state index in [4.69, 9.17) is 5.11 Å². The fourth-order valence-electron chi connectivity index (χ4n) is 1.28. The van der Waals surface area contributed by atoms with Gasteiger partial charge in [-0.3, -0.25) is 4.79 Å². The molecule has 0 saturated carbocycles. The largest absolute Gasteiger partial charge is 0.396 e. The molecule has 0 aliphatic carbocycles. The first-order valence-corrected chi connectivity index (χ1v) is 5.15. The van der Waals surface area contributed by atoms with E-state index in [1.165, 1.54) is 0 Å². The monoisotopic (exact) mass is 207 g/mol. The van der Waals surface area contributed by atoms with Gasteiger partial charge in [0.2, 0.25) is 5.91 Å². The molecule has 15 heavy (non-hydrogen) atoms. The molecule has 0 radical (unpaired) electrons. The van der Waals surface area contributed by atoms with Gasteiger partial charge in [-0.05, 0) is 25.5 Å². The first-order chi connectivity index (χ1) is 7.17. The summed E-state index contributed by atoms with van der Waals surface area (Å²) in [5.41, 5.74) is 1.93. The number of amides is 1. The molecule has 1 unspecified atom stereocenters. The minimum atomic E-state index is -0.314. The van der Waals surface area contributed by atoms with E-state index in [0.717, 1.165) is 11.3 Å². The van der Waals surface area contributed by atoms with Crippen LogP contribution in [0.4, 0.5) is 5.69 Å². The zero-order chi connectivity index (χ0) is 11.3. The van der Waals surface area contributed by atoms with Crippen LogP contribution in [0.2, 0.25) is 0 Å². The van der Waals surface area contributed by atoms with Gasteiger partial charge in [0, 0.05) is 5.69 Å². The van der Waals surface area contributed by atoms with Crippen molar-refractivity contribution >= 4 is 11.6 Å². The lowest BCUT2D eigenvalue weighted by Gasteiger charge is -2.12. The van der Waals surface area contributed by atoms with Gasteiger partial charge in [-0.1, -0.05) is 24.6 Å². The minimum absolute atomic E-state index is 0.103. The van der Waals surface area contributed by atoms with Crippen LogP contribution in [0.15, 0.2) is 24.3 Å². The van der Waals surface area contributed by atoms with E-state index in [0.29, 0.717) is 6.42 Å². The van der Waals surface area contributed by atoms with E-state index in [2.05, 4.69) is 5.32 Å². The number of aryl methyl sites for hydroxylation is 1. The summed E-state index contributed by atoms with van der Waals surface area (Å²) in [7, 11) is 0. The Morgan fingerprint density at radius 1 is 1.40 bits per heavy atom. The number of nitrogens with one attached hydrogen (secondary N) is 1. The Labute approximate surface area is 90.1 Å². The van der Waals surface area contributed by atoms with E-state index < -0.39 is 0 Å². The number of rotatable bonds is 4. The van der Waals surface area contributed by atoms with Crippen molar-refractivity contribution in [3.05, 3.63) is 29.8 Å². The van der Waals surface area contributed by atoms with Crippen LogP contribution >= 0.6 is 0 Å². The average Bonchev–Trinajstić information content (AvgIpc) is 2.23. The van der Waals surface area contributed by atoms with Crippen molar-refractivity contribution in [3.63, 3.8) is 0 Å². The van der Waals surface area contributed by atoms with E-state index >= 15 is 0 Å². The number of anilines is 1. The molecular formula is C12H17NO2. The molecule has 1 amide bonds. The molecule has 1 aromatic rings. The van der Waals surface area contributed by atoms with Crippen LogP contribution in [0, 0.1) is 12.8 Å². The van der Waals surface area contributed by atoms with Gasteiger partial charge in [-0.15, -0.1) is 0 Å². The van der Waals surface area contributed by atoms with Gasteiger partial charge in [-0.25, -0.2) is 0 Å². The molecule has 1 rings (SSSR count). The number of benzene rings is 1. The fourth-order valence-corrected chi connectivity index (χ4v) is 1.28. The summed E-state index contributed by atoms with van der Waals surface area (Å²) in [5, 5.41) is 11.7. The molecule has 0 aliphatic heterocycles. The fraction of sp³-hybridized carbons (Fsp3) is 0.417. The summed E-state index contributed by atoms with van der Waals surface area (Å²) in [5.74, 6) is -0.435. The van der Waals surface area contributed by atoms with Crippen LogP contribution in [0.3, 0.4) is 0 Å². The van der Waals surface area contributed by atoms with Crippen LogP contribution in [-0.4, -0.2) is 17.6 Å². The molecule has 0 spiro atoms. The van der Waals surface area contributed by atoms with Crippen LogP contribution < -0.4 is 5.32 Å². The maximum atomic E-state index is 11.6. The Bertz CT molecular complexity index is 315. The van der Waals surface area contributed by atoms with Crippen molar-refractivity contribution in [3.8, 4) is 0 Å². The highest BCUT2D eigenvalue weighted by atomic mass is 16.3. The number of carbonyl (C=O) groups is 1. The van der Waals surface area contributed by atoms with E-state index in [9.17, 15) is 4.79 Å². The summed E-state index contributed by atoms with van der Waals surface area (Å²) in [6, 6.07) is 7.60. The lowest BCUT2D eigenvalue weighted by molar-refractivity contribution is -0.121. The normalized spacial score (nSPS) is 12.2. The Morgan fingerprint density at radius 3 is 2.47 bits per heavy atom. The number of carbonyl (C=O) groups excluding carboxylic acids is 1. The summed E-state index contributed by atoms with van der Waals surface area (Å²) in [4.78, 5) is 11.6. The minimum Gasteiger partial charge on any atom is -0.396 e. The van der Waals surface area contributed by atoms with Crippen molar-refractivity contribution < 1.29 is 9.90 Å². The molecule has 0 heterocycles. The van der Waals surface area contributed by atoms with E-state index in [-0.39, 0.29) is 18.4 Å². The molecule has 0 aliphatic rings. The van der Waals surface area contributed by atoms with Gasteiger partial charge in [-0.2, -0.15) is 0 Å². The molecule has 1 atom stereocenters. The first kappa shape index (κ1) is 11.7. The number of hydrogen-bond donors (Lipinski definition) is 2. The molecule has 3 heteroatoms. The SMILES string of the molecule is CCC(CO)C(=O)Nc1ccc(C)cc1. The van der Waals surface area contributed by atoms with Crippen molar-refractivity contribution in [2.45, 2.75) is 20.3 Å². The Hall–Kier alpha value is -1.35. The maximum Gasteiger partial charge on any atom is 0.229 e. The number of hydrogen-bond acceptors (Lipinski definition) is 2. The molecule has 0 fully saturated rings. The van der Waals surface area contributed by atoms with Crippen molar-refractivity contribution in [1.29, 1.82) is 0 Å². The Kier molecular flexibility index (Phi) is 4.31. The number of aliphatic hydroxyl groups is 1. The Balaban J connectivity index is 2.61. The van der Waals surface area contributed by atoms with Crippen molar-refractivity contribution in [1.82, 2.24) is 0 Å². The highest BCUT2D eigenvalue weighted by molar-refractivity contribution is 5.92. The molecular weight excluding hydrogens is 190 g/mol. The zero-order valence-corrected chi connectivity index (χ0v) is 9.16. The van der Waals surface area contributed by atoms with E-state index in [1.54, 1.807) is 0 Å². The lowest BCUT2D eigenvalue weighted by atomic mass is 10.1. The Morgan fingerprint density at radius 2 is 2.00 bits per heavy atom. The van der Waals surface area contributed by atoms with Gasteiger partial charge in [0.25, 0.3) is 0 Å². The molecule has 3 nitrogen and oxygen atoms in total. The standard InChI is InChI=1S/C12H17NO2/c1-3-10(8-14)12(15)13-11-6-4-9(2)5-7-11/h4-7,10,14H,3,8H2,1-2H3,(H,13,15). The third-order valence-electron chi connectivity index (χ3n) is 2.40.